The molecule has 2 heterocycles. The van der Waals surface area contributed by atoms with Crippen LogP contribution in [0, 0.1) is 12.8 Å². The van der Waals surface area contributed by atoms with Gasteiger partial charge in [0.1, 0.15) is 17.6 Å². The van der Waals surface area contributed by atoms with E-state index in [2.05, 4.69) is 5.32 Å². The highest BCUT2D eigenvalue weighted by Gasteiger charge is 2.69. The lowest BCUT2D eigenvalue weighted by Gasteiger charge is -2.33. The topological polar surface area (TPSA) is 79.0 Å². The van der Waals surface area contributed by atoms with Gasteiger partial charge >= 0.3 is 12.1 Å². The number of ether oxygens (including phenoxy) is 1. The fourth-order valence-corrected chi connectivity index (χ4v) is 5.80. The number of hydrogen-bond donors (Lipinski definition) is 1. The first-order valence-corrected chi connectivity index (χ1v) is 13.7. The number of nitrogens with one attached hydrogen (secondary N) is 1. The zero-order valence-electron chi connectivity index (χ0n) is 23.6. The van der Waals surface area contributed by atoms with Crippen LogP contribution >= 0.6 is 0 Å². The summed E-state index contributed by atoms with van der Waals surface area (Å²) in [5, 5.41) is 4.66. The van der Waals surface area contributed by atoms with E-state index in [4.69, 9.17) is 4.74 Å². The molecule has 0 radical (unpaired) electrons. The van der Waals surface area contributed by atoms with Crippen LogP contribution in [0.4, 0.5) is 13.2 Å². The van der Waals surface area contributed by atoms with Crippen molar-refractivity contribution < 1.29 is 32.3 Å². The number of aryl methyl sites for hydroxylation is 1. The molecule has 0 aliphatic carbocycles. The zero-order chi connectivity index (χ0) is 30.4. The Labute approximate surface area is 242 Å². The van der Waals surface area contributed by atoms with E-state index in [0.717, 1.165) is 5.56 Å². The molecule has 3 aromatic rings. The van der Waals surface area contributed by atoms with Crippen LogP contribution in [0.25, 0.3) is 0 Å². The normalized spacial score (nSPS) is 24.4. The third kappa shape index (κ3) is 5.51. The van der Waals surface area contributed by atoms with Crippen LogP contribution in [0.5, 0.6) is 0 Å². The molecule has 0 aromatic heterocycles. The number of halogens is 3. The predicted molar refractivity (Wildman–Crippen MR) is 149 cm³/mol. The number of esters is 1. The van der Waals surface area contributed by atoms with Crippen molar-refractivity contribution in [2.24, 2.45) is 5.92 Å². The van der Waals surface area contributed by atoms with Gasteiger partial charge in [0, 0.05) is 5.56 Å². The molecule has 10 heteroatoms. The summed E-state index contributed by atoms with van der Waals surface area (Å²) < 4.78 is 50.7. The van der Waals surface area contributed by atoms with Crippen molar-refractivity contribution in [1.29, 1.82) is 0 Å². The molecule has 3 aromatic carbocycles. The van der Waals surface area contributed by atoms with Gasteiger partial charge in [0.15, 0.2) is 6.04 Å². The first kappa shape index (κ1) is 29.3. The highest BCUT2D eigenvalue weighted by molar-refractivity contribution is 5.98. The quantitative estimate of drug-likeness (QED) is 0.402. The summed E-state index contributed by atoms with van der Waals surface area (Å²) in [6.07, 6.45) is -4.99. The Morgan fingerprint density at radius 2 is 1.36 bits per heavy atom. The molecule has 0 saturated carbocycles. The molecule has 2 aliphatic rings. The van der Waals surface area contributed by atoms with Crippen LogP contribution in [-0.4, -0.2) is 51.7 Å². The highest BCUT2D eigenvalue weighted by Crippen LogP contribution is 2.55. The summed E-state index contributed by atoms with van der Waals surface area (Å²) >= 11 is 0. The Kier molecular flexibility index (Phi) is 7.61. The maximum Gasteiger partial charge on any atom is 0.411 e. The summed E-state index contributed by atoms with van der Waals surface area (Å²) in [5.41, 5.74) is 0.988. The number of carbonyl (C=O) groups is 3. The lowest BCUT2D eigenvalue weighted by Crippen LogP contribution is -2.53. The Morgan fingerprint density at radius 3 is 1.90 bits per heavy atom. The highest BCUT2D eigenvalue weighted by atomic mass is 19.4. The van der Waals surface area contributed by atoms with Gasteiger partial charge in [0.25, 0.3) is 11.8 Å². The molecule has 0 bridgehead atoms. The van der Waals surface area contributed by atoms with Gasteiger partial charge in [-0.15, -0.1) is 0 Å². The Balaban J connectivity index is 1.70. The maximum atomic E-state index is 15.0. The average Bonchev–Trinajstić information content (AvgIpc) is 3.42. The van der Waals surface area contributed by atoms with E-state index in [0.29, 0.717) is 16.1 Å². The van der Waals surface area contributed by atoms with Crippen molar-refractivity contribution in [1.82, 2.24) is 15.3 Å². The predicted octanol–water partition coefficient (Wildman–Crippen LogP) is 5.54. The molecule has 42 heavy (non-hydrogen) atoms. The van der Waals surface area contributed by atoms with E-state index in [1.165, 1.54) is 5.01 Å². The van der Waals surface area contributed by atoms with Crippen molar-refractivity contribution in [2.45, 2.75) is 63.6 Å². The molecular formula is C32H32F3N3O4. The second-order valence-corrected chi connectivity index (χ2v) is 11.6. The minimum atomic E-state index is -4.99. The van der Waals surface area contributed by atoms with Crippen molar-refractivity contribution in [2.75, 3.05) is 0 Å². The number of carbonyl (C=O) groups excluding carboxylic acids is 3. The van der Waals surface area contributed by atoms with Gasteiger partial charge in [-0.1, -0.05) is 78.4 Å². The standard InChI is InChI=1S/C32H32F3N3O4/c1-19-15-17-21(18-16-19)25-23(30(41)42-31(2,3)4)27(32(33,34)35)38-29(40)24(36-28(39)22-13-9-6-10-14-22)26(37(25)38)20-11-7-5-8-12-20/h5-18,23-27H,1-4H3,(H,36,39)/t23?,24-,25?,26-,27?/m0/s1. The zero-order valence-corrected chi connectivity index (χ0v) is 23.6. The number of alkyl halides is 3. The van der Waals surface area contributed by atoms with E-state index in [-0.39, 0.29) is 5.56 Å². The molecule has 2 fully saturated rings. The van der Waals surface area contributed by atoms with Crippen molar-refractivity contribution in [3.05, 3.63) is 107 Å². The number of hydrazine groups is 1. The van der Waals surface area contributed by atoms with E-state index in [9.17, 15) is 14.4 Å². The van der Waals surface area contributed by atoms with Crippen LogP contribution < -0.4 is 5.32 Å². The number of hydrogen-bond acceptors (Lipinski definition) is 5. The van der Waals surface area contributed by atoms with Gasteiger partial charge in [-0.05, 0) is 51.0 Å². The number of fused-ring (bicyclic) bond motifs is 1. The first-order chi connectivity index (χ1) is 19.8. The molecule has 7 nitrogen and oxygen atoms in total. The van der Waals surface area contributed by atoms with E-state index in [1.54, 1.807) is 106 Å². The van der Waals surface area contributed by atoms with Gasteiger partial charge in [-0.2, -0.15) is 18.2 Å². The first-order valence-electron chi connectivity index (χ1n) is 13.7. The summed E-state index contributed by atoms with van der Waals surface area (Å²) in [6.45, 7) is 6.59. The van der Waals surface area contributed by atoms with Crippen molar-refractivity contribution >= 4 is 17.8 Å². The molecule has 220 valence electrons. The van der Waals surface area contributed by atoms with E-state index < -0.39 is 59.6 Å². The molecule has 0 spiro atoms. The minimum absolute atomic E-state index is 0.258. The third-order valence-corrected chi connectivity index (χ3v) is 7.47. The summed E-state index contributed by atoms with van der Waals surface area (Å²) in [7, 11) is 0. The van der Waals surface area contributed by atoms with Gasteiger partial charge < -0.3 is 10.1 Å². The molecular weight excluding hydrogens is 547 g/mol. The van der Waals surface area contributed by atoms with Gasteiger partial charge in [0.05, 0.1) is 12.1 Å². The second kappa shape index (κ2) is 10.9. The molecule has 1 N–H and O–H groups in total. The smallest absolute Gasteiger partial charge is 0.411 e. The lowest BCUT2D eigenvalue weighted by molar-refractivity contribution is -0.209. The van der Waals surface area contributed by atoms with Crippen LogP contribution in [0.1, 0.15) is 59.9 Å². The molecule has 2 aliphatic heterocycles. The largest absolute Gasteiger partial charge is 0.460 e. The average molecular weight is 580 g/mol. The second-order valence-electron chi connectivity index (χ2n) is 11.6. The Hall–Kier alpha value is -4.18. The summed E-state index contributed by atoms with van der Waals surface area (Å²) in [5.74, 6) is -4.41. The van der Waals surface area contributed by atoms with Crippen LogP contribution in [0.15, 0.2) is 84.9 Å². The number of nitrogens with zero attached hydrogens (tertiary/aromatic N) is 2. The fourth-order valence-electron chi connectivity index (χ4n) is 5.80. The van der Waals surface area contributed by atoms with Crippen LogP contribution in [0.3, 0.4) is 0 Å². The van der Waals surface area contributed by atoms with Crippen LogP contribution in [-0.2, 0) is 14.3 Å². The monoisotopic (exact) mass is 579 g/mol. The molecule has 2 saturated heterocycles. The minimum Gasteiger partial charge on any atom is -0.460 e. The lowest BCUT2D eigenvalue weighted by atomic mass is 9.85. The number of amides is 2. The fraction of sp³-hybridized carbons (Fsp3) is 0.344. The van der Waals surface area contributed by atoms with Gasteiger partial charge in [-0.3, -0.25) is 19.4 Å². The third-order valence-electron chi connectivity index (χ3n) is 7.47. The molecule has 5 atom stereocenters. The molecule has 5 rings (SSSR count). The van der Waals surface area contributed by atoms with Crippen LogP contribution in [0.2, 0.25) is 0 Å². The maximum absolute atomic E-state index is 15.0. The Bertz CT molecular complexity index is 1460. The van der Waals surface area contributed by atoms with E-state index in [1.807, 2.05) is 6.92 Å². The molecule has 3 unspecified atom stereocenters. The number of rotatable bonds is 5. The Morgan fingerprint density at radius 1 is 0.810 bits per heavy atom. The van der Waals surface area contributed by atoms with Gasteiger partial charge in [0.2, 0.25) is 0 Å². The van der Waals surface area contributed by atoms with E-state index >= 15 is 13.2 Å². The summed E-state index contributed by atoms with van der Waals surface area (Å²) in [4.78, 5) is 41.0. The summed E-state index contributed by atoms with van der Waals surface area (Å²) in [6, 6.07) is 17.4. The van der Waals surface area contributed by atoms with Gasteiger partial charge in [-0.25, -0.2) is 0 Å². The van der Waals surface area contributed by atoms with Crippen molar-refractivity contribution in [3.8, 4) is 0 Å². The number of benzene rings is 3. The molecule has 2 amide bonds. The SMILES string of the molecule is Cc1ccc(C2C(C(=O)OC(C)(C)C)C(C(F)(F)F)N3C(=O)[C@@H](NC(=O)c4ccccc4)[C@H](c4ccccc4)N23)cc1. The van der Waals surface area contributed by atoms with Crippen molar-refractivity contribution in [3.63, 3.8) is 0 Å².